The minimum Gasteiger partial charge on any atom is -0.467 e. The molecule has 0 spiro atoms. The number of rotatable bonds is 9. The average Bonchev–Trinajstić information content (AvgIpc) is 3.73. The summed E-state index contributed by atoms with van der Waals surface area (Å²) in [7, 11) is 0. The molecule has 5 rings (SSSR count). The van der Waals surface area contributed by atoms with Crippen LogP contribution in [0.1, 0.15) is 74.0 Å². The van der Waals surface area contributed by atoms with E-state index in [1.807, 2.05) is 25.1 Å². The first-order valence-electron chi connectivity index (χ1n) is 12.0. The number of ether oxygens (including phenoxy) is 2. The fourth-order valence-corrected chi connectivity index (χ4v) is 4.62. The van der Waals surface area contributed by atoms with E-state index in [0.29, 0.717) is 30.2 Å². The van der Waals surface area contributed by atoms with E-state index < -0.39 is 0 Å². The maximum absolute atomic E-state index is 5.99. The molecule has 2 saturated carbocycles. The van der Waals surface area contributed by atoms with Crippen LogP contribution in [0.4, 0.5) is 5.82 Å². The second-order valence-electron chi connectivity index (χ2n) is 9.07. The molecule has 6 heteroatoms. The van der Waals surface area contributed by atoms with Crippen LogP contribution in [-0.4, -0.2) is 42.7 Å². The Hall–Kier alpha value is -2.62. The van der Waals surface area contributed by atoms with Crippen molar-refractivity contribution in [3.8, 4) is 29.4 Å². The molecular weight excluding hydrogens is 400 g/mol. The van der Waals surface area contributed by atoms with E-state index in [1.54, 1.807) is 0 Å². The Balaban J connectivity index is 1.56. The van der Waals surface area contributed by atoms with Gasteiger partial charge in [-0.1, -0.05) is 5.92 Å². The molecule has 0 radical (unpaired) electrons. The monoisotopic (exact) mass is 432 g/mol. The van der Waals surface area contributed by atoms with Crippen molar-refractivity contribution in [3.05, 3.63) is 34.9 Å². The van der Waals surface area contributed by atoms with Crippen LogP contribution in [0.5, 0.6) is 5.75 Å². The number of terminal acetylenes is 1. The molecule has 1 aromatic carbocycles. The van der Waals surface area contributed by atoms with Gasteiger partial charge in [0.05, 0.1) is 0 Å². The Morgan fingerprint density at radius 3 is 2.62 bits per heavy atom. The van der Waals surface area contributed by atoms with Crippen molar-refractivity contribution in [2.24, 2.45) is 0 Å². The van der Waals surface area contributed by atoms with E-state index in [1.165, 1.54) is 49.7 Å². The molecule has 1 aliphatic heterocycles. The number of hydrogen-bond acceptors (Lipinski definition) is 6. The largest absolute Gasteiger partial charge is 0.467 e. The van der Waals surface area contributed by atoms with Gasteiger partial charge in [-0.25, -0.2) is 0 Å². The van der Waals surface area contributed by atoms with Crippen LogP contribution < -0.4 is 15.4 Å². The fraction of sp³-hybridized carbons (Fsp3) is 0.538. The lowest BCUT2D eigenvalue weighted by atomic mass is 9.94. The number of anilines is 1. The molecule has 3 aliphatic rings. The normalized spacial score (nSPS) is 20.6. The molecular formula is C26H32N4O2. The van der Waals surface area contributed by atoms with Crippen LogP contribution in [0.25, 0.3) is 11.3 Å². The second-order valence-corrected chi connectivity index (χ2v) is 9.07. The number of piperidine rings is 1. The van der Waals surface area contributed by atoms with Gasteiger partial charge in [-0.3, -0.25) is 0 Å². The highest BCUT2D eigenvalue weighted by Crippen LogP contribution is 2.54. The van der Waals surface area contributed by atoms with Crippen molar-refractivity contribution in [2.75, 3.05) is 31.8 Å². The number of nitrogens with one attached hydrogen (secondary N) is 2. The highest BCUT2D eigenvalue weighted by molar-refractivity contribution is 5.75. The molecule has 1 atom stereocenters. The zero-order chi connectivity index (χ0) is 21.9. The van der Waals surface area contributed by atoms with Crippen LogP contribution in [0.3, 0.4) is 0 Å². The third-order valence-corrected chi connectivity index (χ3v) is 6.56. The molecule has 168 valence electrons. The molecule has 3 fully saturated rings. The number of hydrogen-bond donors (Lipinski definition) is 2. The minimum absolute atomic E-state index is 0.188. The summed E-state index contributed by atoms with van der Waals surface area (Å²) in [5.41, 5.74) is 5.43. The Labute approximate surface area is 190 Å². The first kappa shape index (κ1) is 21.2. The van der Waals surface area contributed by atoms with E-state index in [2.05, 4.69) is 16.6 Å². The van der Waals surface area contributed by atoms with Gasteiger partial charge in [0.25, 0.3) is 0 Å². The lowest BCUT2D eigenvalue weighted by Gasteiger charge is -2.26. The predicted octanol–water partition coefficient (Wildman–Crippen LogP) is 4.42. The van der Waals surface area contributed by atoms with Crippen molar-refractivity contribution >= 4 is 5.82 Å². The Bertz CT molecular complexity index is 1000. The van der Waals surface area contributed by atoms with Gasteiger partial charge in [-0.15, -0.1) is 16.6 Å². The molecule has 1 saturated heterocycles. The SMILES string of the molecule is C#Cc1ccc(-c2nnc(NC3CCCNC3)c(C3CC3)c2C2CC2)c(OCOCC)c1. The molecule has 6 nitrogen and oxygen atoms in total. The van der Waals surface area contributed by atoms with Crippen molar-refractivity contribution in [1.82, 2.24) is 15.5 Å². The van der Waals surface area contributed by atoms with Gasteiger partial charge in [0.2, 0.25) is 0 Å². The van der Waals surface area contributed by atoms with Crippen molar-refractivity contribution in [2.45, 2.75) is 63.3 Å². The van der Waals surface area contributed by atoms with E-state index in [0.717, 1.165) is 35.7 Å². The summed E-state index contributed by atoms with van der Waals surface area (Å²) in [6.07, 6.45) is 12.9. The summed E-state index contributed by atoms with van der Waals surface area (Å²) in [6.45, 7) is 4.82. The molecule has 2 N–H and O–H groups in total. The Morgan fingerprint density at radius 1 is 1.12 bits per heavy atom. The fourth-order valence-electron chi connectivity index (χ4n) is 4.62. The molecule has 2 heterocycles. The summed E-state index contributed by atoms with van der Waals surface area (Å²) in [5, 5.41) is 16.8. The first-order valence-corrected chi connectivity index (χ1v) is 12.0. The van der Waals surface area contributed by atoms with E-state index in [-0.39, 0.29) is 6.79 Å². The summed E-state index contributed by atoms with van der Waals surface area (Å²) in [5.74, 6) is 5.54. The lowest BCUT2D eigenvalue weighted by molar-refractivity contribution is 0.0227. The van der Waals surface area contributed by atoms with Gasteiger partial charge in [0, 0.05) is 35.9 Å². The highest BCUT2D eigenvalue weighted by atomic mass is 16.7. The predicted molar refractivity (Wildman–Crippen MR) is 126 cm³/mol. The van der Waals surface area contributed by atoms with Crippen LogP contribution in [0.15, 0.2) is 18.2 Å². The van der Waals surface area contributed by atoms with Crippen molar-refractivity contribution in [1.29, 1.82) is 0 Å². The third kappa shape index (κ3) is 4.60. The molecule has 0 amide bonds. The zero-order valence-electron chi connectivity index (χ0n) is 18.8. The van der Waals surface area contributed by atoms with Gasteiger partial charge in [-0.2, -0.15) is 0 Å². The smallest absolute Gasteiger partial charge is 0.189 e. The van der Waals surface area contributed by atoms with Gasteiger partial charge < -0.3 is 20.1 Å². The highest BCUT2D eigenvalue weighted by Gasteiger charge is 2.39. The Kier molecular flexibility index (Phi) is 6.29. The van der Waals surface area contributed by atoms with Crippen LogP contribution in [0.2, 0.25) is 0 Å². The summed E-state index contributed by atoms with van der Waals surface area (Å²) in [6, 6.07) is 6.30. The Morgan fingerprint density at radius 2 is 1.94 bits per heavy atom. The number of aromatic nitrogens is 2. The number of nitrogens with zero attached hydrogens (tertiary/aromatic N) is 2. The lowest BCUT2D eigenvalue weighted by Crippen LogP contribution is -2.39. The molecule has 2 aliphatic carbocycles. The maximum atomic E-state index is 5.99. The minimum atomic E-state index is 0.188. The summed E-state index contributed by atoms with van der Waals surface area (Å²) >= 11 is 0. The zero-order valence-corrected chi connectivity index (χ0v) is 18.8. The van der Waals surface area contributed by atoms with Gasteiger partial charge >= 0.3 is 0 Å². The van der Waals surface area contributed by atoms with E-state index in [9.17, 15) is 0 Å². The van der Waals surface area contributed by atoms with E-state index in [4.69, 9.17) is 26.1 Å². The molecule has 1 aromatic heterocycles. The van der Waals surface area contributed by atoms with Crippen molar-refractivity contribution in [3.63, 3.8) is 0 Å². The van der Waals surface area contributed by atoms with Crippen LogP contribution >= 0.6 is 0 Å². The average molecular weight is 433 g/mol. The molecule has 0 bridgehead atoms. The molecule has 1 unspecified atom stereocenters. The maximum Gasteiger partial charge on any atom is 0.189 e. The molecule has 2 aromatic rings. The standard InChI is InChI=1S/C26H32N4O2/c1-3-17-7-12-21(22(14-17)32-16-31-4-2)25-23(18-8-9-18)24(19-10-11-19)26(30-29-25)28-20-6-5-13-27-15-20/h1,7,12,14,18-20,27H,4-6,8-11,13,15-16H2,2H3,(H,28,30). The van der Waals surface area contributed by atoms with E-state index >= 15 is 0 Å². The second kappa shape index (κ2) is 9.48. The number of benzene rings is 1. The molecule has 32 heavy (non-hydrogen) atoms. The van der Waals surface area contributed by atoms with Gasteiger partial charge in [0.15, 0.2) is 12.6 Å². The van der Waals surface area contributed by atoms with Crippen LogP contribution in [0, 0.1) is 12.3 Å². The van der Waals surface area contributed by atoms with Gasteiger partial charge in [-0.05, 0) is 87.6 Å². The first-order chi connectivity index (χ1) is 15.8. The van der Waals surface area contributed by atoms with Gasteiger partial charge in [0.1, 0.15) is 11.4 Å². The quantitative estimate of drug-likeness (QED) is 0.347. The summed E-state index contributed by atoms with van der Waals surface area (Å²) in [4.78, 5) is 0. The van der Waals surface area contributed by atoms with Crippen molar-refractivity contribution < 1.29 is 9.47 Å². The third-order valence-electron chi connectivity index (χ3n) is 6.56. The topological polar surface area (TPSA) is 68.3 Å². The van der Waals surface area contributed by atoms with Crippen LogP contribution in [-0.2, 0) is 4.74 Å². The summed E-state index contributed by atoms with van der Waals surface area (Å²) < 4.78 is 11.4.